The van der Waals surface area contributed by atoms with E-state index in [0.29, 0.717) is 11.5 Å². The van der Waals surface area contributed by atoms with Gasteiger partial charge in [0.2, 0.25) is 0 Å². The molecule has 3 rings (SSSR count). The standard InChI is InChI=1S/C18H21N3O2/c1-5-21-13-9-7-6-8-12(13)10-14(21)17(22)19-16-11-15(23-20-16)18(2,3)4/h6-11H,5H2,1-4H3,(H,19,20,22). The van der Waals surface area contributed by atoms with Crippen LogP contribution in [0.4, 0.5) is 5.82 Å². The van der Waals surface area contributed by atoms with Crippen LogP contribution in [-0.4, -0.2) is 15.6 Å². The third kappa shape index (κ3) is 2.86. The first-order valence-corrected chi connectivity index (χ1v) is 7.77. The number of para-hydroxylation sites is 1. The Labute approximate surface area is 135 Å². The molecule has 5 nitrogen and oxygen atoms in total. The lowest BCUT2D eigenvalue weighted by molar-refractivity contribution is 0.101. The lowest BCUT2D eigenvalue weighted by Crippen LogP contribution is -2.17. The highest BCUT2D eigenvalue weighted by molar-refractivity contribution is 6.06. The summed E-state index contributed by atoms with van der Waals surface area (Å²) in [6.45, 7) is 8.86. The van der Waals surface area contributed by atoms with Crippen molar-refractivity contribution in [2.45, 2.75) is 39.7 Å². The predicted molar refractivity (Wildman–Crippen MR) is 90.8 cm³/mol. The molecule has 0 aliphatic rings. The molecule has 2 heterocycles. The van der Waals surface area contributed by atoms with Gasteiger partial charge in [-0.1, -0.05) is 44.1 Å². The molecule has 0 saturated heterocycles. The van der Waals surface area contributed by atoms with Crippen LogP contribution in [0.15, 0.2) is 40.9 Å². The van der Waals surface area contributed by atoms with Gasteiger partial charge in [-0.2, -0.15) is 0 Å². The molecule has 5 heteroatoms. The Morgan fingerprint density at radius 3 is 2.65 bits per heavy atom. The van der Waals surface area contributed by atoms with Gasteiger partial charge in [-0.25, -0.2) is 0 Å². The van der Waals surface area contributed by atoms with E-state index in [1.807, 2.05) is 62.6 Å². The SMILES string of the molecule is CCn1c(C(=O)Nc2cc(C(C)(C)C)on2)cc2ccccc21. The van der Waals surface area contributed by atoms with Gasteiger partial charge in [-0.3, -0.25) is 4.79 Å². The zero-order valence-electron chi connectivity index (χ0n) is 13.9. The second kappa shape index (κ2) is 5.57. The highest BCUT2D eigenvalue weighted by Crippen LogP contribution is 2.25. The Hall–Kier alpha value is -2.56. The van der Waals surface area contributed by atoms with Gasteiger partial charge in [-0.05, 0) is 19.1 Å². The third-order valence-corrected chi connectivity index (χ3v) is 3.85. The molecule has 0 atom stereocenters. The molecular weight excluding hydrogens is 290 g/mol. The van der Waals surface area contributed by atoms with Crippen LogP contribution in [0.2, 0.25) is 0 Å². The van der Waals surface area contributed by atoms with Crippen LogP contribution in [0.5, 0.6) is 0 Å². The van der Waals surface area contributed by atoms with Crippen LogP contribution < -0.4 is 5.32 Å². The van der Waals surface area contributed by atoms with Gasteiger partial charge in [0.25, 0.3) is 5.91 Å². The minimum absolute atomic E-state index is 0.145. The van der Waals surface area contributed by atoms with Crippen LogP contribution in [0.25, 0.3) is 10.9 Å². The summed E-state index contributed by atoms with van der Waals surface area (Å²) in [5, 5.41) is 7.81. The van der Waals surface area contributed by atoms with E-state index in [0.717, 1.165) is 23.2 Å². The van der Waals surface area contributed by atoms with Crippen molar-refractivity contribution in [1.82, 2.24) is 9.72 Å². The molecule has 1 N–H and O–H groups in total. The summed E-state index contributed by atoms with van der Waals surface area (Å²) in [5.41, 5.74) is 1.53. The minimum Gasteiger partial charge on any atom is -0.359 e. The fraction of sp³-hybridized carbons (Fsp3) is 0.333. The maximum atomic E-state index is 12.6. The highest BCUT2D eigenvalue weighted by Gasteiger charge is 2.21. The van der Waals surface area contributed by atoms with E-state index in [1.165, 1.54) is 0 Å². The number of carbonyl (C=O) groups excluding carboxylic acids is 1. The molecule has 3 aromatic rings. The van der Waals surface area contributed by atoms with Gasteiger partial charge in [0, 0.05) is 28.9 Å². The predicted octanol–water partition coefficient (Wildman–Crippen LogP) is 4.20. The molecular formula is C18H21N3O2. The van der Waals surface area contributed by atoms with Crippen molar-refractivity contribution in [1.29, 1.82) is 0 Å². The largest absolute Gasteiger partial charge is 0.359 e. The second-order valence-corrected chi connectivity index (χ2v) is 6.61. The summed E-state index contributed by atoms with van der Waals surface area (Å²) >= 11 is 0. The summed E-state index contributed by atoms with van der Waals surface area (Å²) in [5.74, 6) is 0.994. The molecule has 0 aliphatic heterocycles. The minimum atomic E-state index is -0.184. The molecule has 0 unspecified atom stereocenters. The summed E-state index contributed by atoms with van der Waals surface area (Å²) < 4.78 is 7.31. The average molecular weight is 311 g/mol. The zero-order valence-corrected chi connectivity index (χ0v) is 13.9. The number of hydrogen-bond acceptors (Lipinski definition) is 3. The zero-order chi connectivity index (χ0) is 16.6. The van der Waals surface area contributed by atoms with Crippen molar-refractivity contribution in [3.63, 3.8) is 0 Å². The van der Waals surface area contributed by atoms with E-state index in [4.69, 9.17) is 4.52 Å². The topological polar surface area (TPSA) is 60.1 Å². The lowest BCUT2D eigenvalue weighted by Gasteiger charge is -2.12. The average Bonchev–Trinajstić information content (AvgIpc) is 3.10. The maximum absolute atomic E-state index is 12.6. The molecule has 0 spiro atoms. The molecule has 0 bridgehead atoms. The fourth-order valence-electron chi connectivity index (χ4n) is 2.61. The lowest BCUT2D eigenvalue weighted by atomic mass is 9.93. The number of nitrogens with one attached hydrogen (secondary N) is 1. The van der Waals surface area contributed by atoms with Crippen LogP contribution in [-0.2, 0) is 12.0 Å². The third-order valence-electron chi connectivity index (χ3n) is 3.85. The Balaban J connectivity index is 1.90. The van der Waals surface area contributed by atoms with Crippen LogP contribution in [0.1, 0.15) is 43.9 Å². The van der Waals surface area contributed by atoms with E-state index in [-0.39, 0.29) is 11.3 Å². The van der Waals surface area contributed by atoms with Gasteiger partial charge in [0.15, 0.2) is 5.82 Å². The number of rotatable bonds is 3. The van der Waals surface area contributed by atoms with E-state index in [9.17, 15) is 4.79 Å². The van der Waals surface area contributed by atoms with Crippen molar-refractivity contribution in [2.75, 3.05) is 5.32 Å². The van der Waals surface area contributed by atoms with Gasteiger partial charge in [0.05, 0.1) is 0 Å². The number of nitrogens with zero attached hydrogens (tertiary/aromatic N) is 2. The van der Waals surface area contributed by atoms with Crippen molar-refractivity contribution in [2.24, 2.45) is 0 Å². The van der Waals surface area contributed by atoms with Gasteiger partial charge < -0.3 is 14.4 Å². The Bertz CT molecular complexity index is 853. The van der Waals surface area contributed by atoms with E-state index in [1.54, 1.807) is 6.07 Å². The molecule has 23 heavy (non-hydrogen) atoms. The van der Waals surface area contributed by atoms with E-state index in [2.05, 4.69) is 10.5 Å². The van der Waals surface area contributed by atoms with Crippen molar-refractivity contribution >= 4 is 22.6 Å². The number of hydrogen-bond donors (Lipinski definition) is 1. The summed E-state index contributed by atoms with van der Waals surface area (Å²) in [4.78, 5) is 12.6. The molecule has 0 saturated carbocycles. The summed E-state index contributed by atoms with van der Waals surface area (Å²) in [7, 11) is 0. The van der Waals surface area contributed by atoms with E-state index >= 15 is 0 Å². The van der Waals surface area contributed by atoms with Gasteiger partial charge in [0.1, 0.15) is 11.5 Å². The Morgan fingerprint density at radius 1 is 1.26 bits per heavy atom. The first kappa shape index (κ1) is 15.3. The number of fused-ring (bicyclic) bond motifs is 1. The first-order valence-electron chi connectivity index (χ1n) is 7.77. The number of carbonyl (C=O) groups is 1. The van der Waals surface area contributed by atoms with Crippen LogP contribution in [0, 0.1) is 0 Å². The molecule has 2 aromatic heterocycles. The normalized spacial score (nSPS) is 11.8. The smallest absolute Gasteiger partial charge is 0.273 e. The van der Waals surface area contributed by atoms with E-state index < -0.39 is 0 Å². The monoisotopic (exact) mass is 311 g/mol. The van der Waals surface area contributed by atoms with Crippen molar-refractivity contribution in [3.05, 3.63) is 47.9 Å². The molecule has 1 amide bonds. The highest BCUT2D eigenvalue weighted by atomic mass is 16.5. The molecule has 0 radical (unpaired) electrons. The van der Waals surface area contributed by atoms with Crippen LogP contribution in [0.3, 0.4) is 0 Å². The van der Waals surface area contributed by atoms with Gasteiger partial charge >= 0.3 is 0 Å². The number of benzene rings is 1. The second-order valence-electron chi connectivity index (χ2n) is 6.61. The van der Waals surface area contributed by atoms with Crippen LogP contribution >= 0.6 is 0 Å². The van der Waals surface area contributed by atoms with Crippen molar-refractivity contribution < 1.29 is 9.32 Å². The number of aryl methyl sites for hydroxylation is 1. The maximum Gasteiger partial charge on any atom is 0.273 e. The Morgan fingerprint density at radius 2 is 2.00 bits per heavy atom. The van der Waals surface area contributed by atoms with Crippen molar-refractivity contribution in [3.8, 4) is 0 Å². The number of anilines is 1. The fourth-order valence-corrected chi connectivity index (χ4v) is 2.61. The number of amides is 1. The number of aromatic nitrogens is 2. The summed E-state index contributed by atoms with van der Waals surface area (Å²) in [6.07, 6.45) is 0. The quantitative estimate of drug-likeness (QED) is 0.788. The molecule has 1 aromatic carbocycles. The molecule has 0 fully saturated rings. The molecule has 0 aliphatic carbocycles. The summed E-state index contributed by atoms with van der Waals surface area (Å²) in [6, 6.07) is 11.6. The van der Waals surface area contributed by atoms with Gasteiger partial charge in [-0.15, -0.1) is 0 Å². The first-order chi connectivity index (χ1) is 10.9. The Kier molecular flexibility index (Phi) is 3.72. The molecule has 120 valence electrons.